The number of carbonyl (C=O) groups excluding carboxylic acids is 2. The molecule has 0 spiro atoms. The molecule has 7 nitrogen and oxygen atoms in total. The number of amides is 1. The maximum atomic E-state index is 12.4. The highest BCUT2D eigenvalue weighted by Crippen LogP contribution is 2.28. The summed E-state index contributed by atoms with van der Waals surface area (Å²) in [6, 6.07) is 0. The van der Waals surface area contributed by atoms with Gasteiger partial charge in [0.05, 0.1) is 24.9 Å². The van der Waals surface area contributed by atoms with Crippen LogP contribution in [-0.2, 0) is 21.3 Å². The van der Waals surface area contributed by atoms with Crippen LogP contribution >= 0.6 is 0 Å². The lowest BCUT2D eigenvalue weighted by atomic mass is 9.95. The van der Waals surface area contributed by atoms with Gasteiger partial charge in [-0.15, -0.1) is 0 Å². The van der Waals surface area contributed by atoms with E-state index in [1.165, 1.54) is 4.90 Å². The SMILES string of the molecule is CCOC(=O)C1=C(c2cnn(C)c2)CCN(C(=O)OC(C)(C)C)C1. The van der Waals surface area contributed by atoms with Crippen molar-refractivity contribution in [2.45, 2.75) is 39.7 Å². The Bertz CT molecular complexity index is 655. The first-order valence-electron chi connectivity index (χ1n) is 8.07. The molecular weight excluding hydrogens is 310 g/mol. The summed E-state index contributed by atoms with van der Waals surface area (Å²) >= 11 is 0. The highest BCUT2D eigenvalue weighted by Gasteiger charge is 2.31. The van der Waals surface area contributed by atoms with E-state index in [1.54, 1.807) is 17.8 Å². The van der Waals surface area contributed by atoms with Gasteiger partial charge in [0.25, 0.3) is 0 Å². The number of ether oxygens (including phenoxy) is 2. The maximum Gasteiger partial charge on any atom is 0.410 e. The number of rotatable bonds is 3. The van der Waals surface area contributed by atoms with Gasteiger partial charge in [-0.05, 0) is 39.7 Å². The molecule has 0 aliphatic carbocycles. The van der Waals surface area contributed by atoms with Crippen molar-refractivity contribution in [1.29, 1.82) is 0 Å². The van der Waals surface area contributed by atoms with Gasteiger partial charge in [0.1, 0.15) is 5.60 Å². The fourth-order valence-corrected chi connectivity index (χ4v) is 2.55. The summed E-state index contributed by atoms with van der Waals surface area (Å²) in [5.41, 5.74) is 1.67. The molecule has 1 aliphatic heterocycles. The van der Waals surface area contributed by atoms with E-state index in [-0.39, 0.29) is 13.2 Å². The van der Waals surface area contributed by atoms with Crippen LogP contribution in [0.2, 0.25) is 0 Å². The lowest BCUT2D eigenvalue weighted by Gasteiger charge is -2.31. The van der Waals surface area contributed by atoms with Crippen molar-refractivity contribution in [1.82, 2.24) is 14.7 Å². The van der Waals surface area contributed by atoms with Gasteiger partial charge in [0, 0.05) is 25.4 Å². The third-order valence-corrected chi connectivity index (χ3v) is 3.57. The van der Waals surface area contributed by atoms with E-state index in [9.17, 15) is 9.59 Å². The van der Waals surface area contributed by atoms with Crippen molar-refractivity contribution in [2.75, 3.05) is 19.7 Å². The molecular formula is C17H25N3O4. The quantitative estimate of drug-likeness (QED) is 0.793. The molecule has 1 aliphatic rings. The molecule has 2 rings (SSSR count). The second-order valence-corrected chi connectivity index (χ2v) is 6.73. The first kappa shape index (κ1) is 18.0. The van der Waals surface area contributed by atoms with Gasteiger partial charge in [-0.25, -0.2) is 9.59 Å². The summed E-state index contributed by atoms with van der Waals surface area (Å²) in [6.07, 6.45) is 3.71. The molecule has 0 atom stereocenters. The van der Waals surface area contributed by atoms with Crippen LogP contribution in [0.5, 0.6) is 0 Å². The summed E-state index contributed by atoms with van der Waals surface area (Å²) in [4.78, 5) is 26.2. The third-order valence-electron chi connectivity index (χ3n) is 3.57. The van der Waals surface area contributed by atoms with Gasteiger partial charge in [-0.3, -0.25) is 4.68 Å². The predicted molar refractivity (Wildman–Crippen MR) is 89.2 cm³/mol. The molecule has 0 saturated carbocycles. The minimum absolute atomic E-state index is 0.179. The van der Waals surface area contributed by atoms with Crippen LogP contribution in [0.3, 0.4) is 0 Å². The van der Waals surface area contributed by atoms with Crippen LogP contribution in [-0.4, -0.2) is 52.0 Å². The zero-order valence-corrected chi connectivity index (χ0v) is 15.0. The van der Waals surface area contributed by atoms with Crippen LogP contribution in [0.15, 0.2) is 18.0 Å². The van der Waals surface area contributed by atoms with Crippen molar-refractivity contribution in [3.8, 4) is 0 Å². The summed E-state index contributed by atoms with van der Waals surface area (Å²) in [5.74, 6) is -0.399. The monoisotopic (exact) mass is 335 g/mol. The molecule has 0 bridgehead atoms. The zero-order valence-electron chi connectivity index (χ0n) is 15.0. The molecule has 0 saturated heterocycles. The summed E-state index contributed by atoms with van der Waals surface area (Å²) in [5, 5.41) is 4.16. The topological polar surface area (TPSA) is 73.7 Å². The average Bonchev–Trinajstić information content (AvgIpc) is 2.91. The maximum absolute atomic E-state index is 12.4. The summed E-state index contributed by atoms with van der Waals surface area (Å²) < 4.78 is 12.3. The predicted octanol–water partition coefficient (Wildman–Crippen LogP) is 2.38. The van der Waals surface area contributed by atoms with Crippen molar-refractivity contribution < 1.29 is 19.1 Å². The molecule has 132 valence electrons. The van der Waals surface area contributed by atoms with Gasteiger partial charge in [0.15, 0.2) is 0 Å². The van der Waals surface area contributed by atoms with Gasteiger partial charge in [-0.2, -0.15) is 5.10 Å². The number of aromatic nitrogens is 2. The Labute approximate surface area is 142 Å². The summed E-state index contributed by atoms with van der Waals surface area (Å²) in [6.45, 7) is 8.17. The molecule has 2 heterocycles. The lowest BCUT2D eigenvalue weighted by molar-refractivity contribution is -0.138. The van der Waals surface area contributed by atoms with E-state index in [0.29, 0.717) is 18.5 Å². The molecule has 7 heteroatoms. The van der Waals surface area contributed by atoms with Crippen LogP contribution in [0.4, 0.5) is 4.79 Å². The molecule has 1 aromatic heterocycles. The van der Waals surface area contributed by atoms with Crippen molar-refractivity contribution in [3.63, 3.8) is 0 Å². The number of hydrogen-bond acceptors (Lipinski definition) is 5. The zero-order chi connectivity index (χ0) is 17.9. The Morgan fingerprint density at radius 1 is 1.33 bits per heavy atom. The van der Waals surface area contributed by atoms with Crippen molar-refractivity contribution >= 4 is 17.6 Å². The largest absolute Gasteiger partial charge is 0.463 e. The van der Waals surface area contributed by atoms with E-state index in [2.05, 4.69) is 5.10 Å². The molecule has 0 radical (unpaired) electrons. The molecule has 0 N–H and O–H groups in total. The van der Waals surface area contributed by atoms with Crippen molar-refractivity contribution in [2.24, 2.45) is 7.05 Å². The second kappa shape index (κ2) is 7.07. The van der Waals surface area contributed by atoms with Gasteiger partial charge in [0.2, 0.25) is 0 Å². The van der Waals surface area contributed by atoms with E-state index < -0.39 is 17.7 Å². The molecule has 1 amide bonds. The van der Waals surface area contributed by atoms with Crippen LogP contribution in [0.25, 0.3) is 5.57 Å². The van der Waals surface area contributed by atoms with Gasteiger partial charge >= 0.3 is 12.1 Å². The standard InChI is InChI=1S/C17H25N3O4/c1-6-23-15(21)14-11-20(16(22)24-17(2,3)4)8-7-13(14)12-9-18-19(5)10-12/h9-10H,6-8,11H2,1-5H3. The Morgan fingerprint density at radius 3 is 2.58 bits per heavy atom. The third kappa shape index (κ3) is 4.37. The smallest absolute Gasteiger partial charge is 0.410 e. The second-order valence-electron chi connectivity index (χ2n) is 6.73. The molecule has 1 aromatic rings. The number of hydrogen-bond donors (Lipinski definition) is 0. The number of carbonyl (C=O) groups is 2. The summed E-state index contributed by atoms with van der Waals surface area (Å²) in [7, 11) is 1.82. The highest BCUT2D eigenvalue weighted by molar-refractivity contribution is 5.99. The first-order chi connectivity index (χ1) is 11.2. The Kier molecular flexibility index (Phi) is 5.31. The fourth-order valence-electron chi connectivity index (χ4n) is 2.55. The number of aryl methyl sites for hydroxylation is 1. The van der Waals surface area contributed by atoms with E-state index >= 15 is 0 Å². The minimum atomic E-state index is -0.575. The van der Waals surface area contributed by atoms with Crippen LogP contribution in [0.1, 0.15) is 39.7 Å². The minimum Gasteiger partial charge on any atom is -0.463 e. The molecule has 0 unspecified atom stereocenters. The van der Waals surface area contributed by atoms with E-state index in [1.807, 2.05) is 34.0 Å². The van der Waals surface area contributed by atoms with Crippen LogP contribution < -0.4 is 0 Å². The highest BCUT2D eigenvalue weighted by atomic mass is 16.6. The normalized spacial score (nSPS) is 15.5. The molecule has 0 fully saturated rings. The van der Waals surface area contributed by atoms with E-state index in [4.69, 9.17) is 9.47 Å². The molecule has 24 heavy (non-hydrogen) atoms. The fraction of sp³-hybridized carbons (Fsp3) is 0.588. The average molecular weight is 335 g/mol. The number of nitrogens with zero attached hydrogens (tertiary/aromatic N) is 3. The van der Waals surface area contributed by atoms with Gasteiger partial charge in [-0.1, -0.05) is 0 Å². The van der Waals surface area contributed by atoms with Crippen LogP contribution in [0, 0.1) is 0 Å². The number of esters is 1. The van der Waals surface area contributed by atoms with Crippen molar-refractivity contribution in [3.05, 3.63) is 23.5 Å². The first-order valence-corrected chi connectivity index (χ1v) is 8.07. The van der Waals surface area contributed by atoms with E-state index in [0.717, 1.165) is 11.1 Å². The van der Waals surface area contributed by atoms with Gasteiger partial charge < -0.3 is 14.4 Å². The Hall–Kier alpha value is -2.31. The Balaban J connectivity index is 2.28. The molecule has 0 aromatic carbocycles. The Morgan fingerprint density at radius 2 is 2.04 bits per heavy atom. The lowest BCUT2D eigenvalue weighted by Crippen LogP contribution is -2.42.